The summed E-state index contributed by atoms with van der Waals surface area (Å²) in [5.41, 5.74) is 0.773. The molecule has 0 radical (unpaired) electrons. The molecule has 0 spiro atoms. The van der Waals surface area contributed by atoms with Gasteiger partial charge in [0.2, 0.25) is 0 Å². The molecule has 0 unspecified atom stereocenters. The number of aliphatic hydroxyl groups excluding tert-OH is 1. The Morgan fingerprint density at radius 1 is 1.06 bits per heavy atom. The SMILES string of the molecule is CCO[PH](O)(OCC)Oc1ccc(CO)cc1. The molecule has 1 rings (SSSR count). The molecule has 0 amide bonds. The molecule has 5 nitrogen and oxygen atoms in total. The van der Waals surface area contributed by atoms with Crippen LogP contribution in [0.1, 0.15) is 19.4 Å². The molecule has 0 saturated carbocycles. The van der Waals surface area contributed by atoms with Crippen molar-refractivity contribution in [2.24, 2.45) is 0 Å². The van der Waals surface area contributed by atoms with Crippen LogP contribution in [0.15, 0.2) is 24.3 Å². The quantitative estimate of drug-likeness (QED) is 0.736. The first-order chi connectivity index (χ1) is 8.13. The Labute approximate surface area is 102 Å². The van der Waals surface area contributed by atoms with Gasteiger partial charge in [-0.15, -0.1) is 0 Å². The van der Waals surface area contributed by atoms with E-state index < -0.39 is 8.17 Å². The van der Waals surface area contributed by atoms with Crippen molar-refractivity contribution in [2.75, 3.05) is 13.2 Å². The fourth-order valence-electron chi connectivity index (χ4n) is 1.28. The zero-order valence-electron chi connectivity index (χ0n) is 10.0. The van der Waals surface area contributed by atoms with Crippen LogP contribution in [0.5, 0.6) is 5.75 Å². The van der Waals surface area contributed by atoms with Crippen LogP contribution in [-0.2, 0) is 15.7 Å². The Hall–Kier alpha value is -0.710. The van der Waals surface area contributed by atoms with Gasteiger partial charge in [0.05, 0.1) is 0 Å². The van der Waals surface area contributed by atoms with Crippen molar-refractivity contribution in [1.82, 2.24) is 0 Å². The van der Waals surface area contributed by atoms with E-state index in [-0.39, 0.29) is 6.61 Å². The summed E-state index contributed by atoms with van der Waals surface area (Å²) < 4.78 is 15.6. The normalized spacial score (nSPS) is 12.5. The summed E-state index contributed by atoms with van der Waals surface area (Å²) in [7, 11) is -3.58. The zero-order chi connectivity index (χ0) is 12.7. The average Bonchev–Trinajstić information content (AvgIpc) is 2.30. The molecule has 98 valence electrons. The fourth-order valence-corrected chi connectivity index (χ4v) is 2.64. The topological polar surface area (TPSA) is 68.2 Å². The summed E-state index contributed by atoms with van der Waals surface area (Å²) in [6.45, 7) is 4.12. The van der Waals surface area contributed by atoms with Gasteiger partial charge in [0.1, 0.15) is 0 Å². The minimum atomic E-state index is -3.58. The van der Waals surface area contributed by atoms with Crippen LogP contribution >= 0.6 is 8.17 Å². The molecular weight excluding hydrogens is 243 g/mol. The number of hydrogen-bond donors (Lipinski definition) is 2. The van der Waals surface area contributed by atoms with Gasteiger partial charge in [0, 0.05) is 0 Å². The van der Waals surface area contributed by atoms with E-state index in [1.165, 1.54) is 0 Å². The van der Waals surface area contributed by atoms with Crippen LogP contribution in [-0.4, -0.2) is 23.2 Å². The first kappa shape index (κ1) is 14.4. The van der Waals surface area contributed by atoms with Gasteiger partial charge in [-0.2, -0.15) is 0 Å². The van der Waals surface area contributed by atoms with Crippen LogP contribution in [0.3, 0.4) is 0 Å². The number of hydrogen-bond acceptors (Lipinski definition) is 5. The fraction of sp³-hybridized carbons (Fsp3) is 0.455. The molecule has 6 heteroatoms. The zero-order valence-corrected chi connectivity index (χ0v) is 11.0. The van der Waals surface area contributed by atoms with Gasteiger partial charge in [0.15, 0.2) is 0 Å². The third kappa shape index (κ3) is 4.58. The summed E-state index contributed by atoms with van der Waals surface area (Å²) in [5.74, 6) is 0.457. The Bertz CT molecular complexity index is 321. The molecule has 0 aromatic heterocycles. The predicted molar refractivity (Wildman–Crippen MR) is 66.8 cm³/mol. The van der Waals surface area contributed by atoms with Gasteiger partial charge in [0.25, 0.3) is 0 Å². The van der Waals surface area contributed by atoms with Crippen molar-refractivity contribution in [3.8, 4) is 5.75 Å². The van der Waals surface area contributed by atoms with E-state index in [2.05, 4.69) is 0 Å². The van der Waals surface area contributed by atoms with Gasteiger partial charge in [-0.1, -0.05) is 0 Å². The molecule has 0 aliphatic rings. The minimum absolute atomic E-state index is 0.0289. The molecule has 0 aliphatic carbocycles. The van der Waals surface area contributed by atoms with E-state index in [1.54, 1.807) is 38.1 Å². The second-order valence-corrected chi connectivity index (χ2v) is 5.12. The van der Waals surface area contributed by atoms with Crippen LogP contribution in [0.25, 0.3) is 0 Å². The molecule has 0 aliphatic heterocycles. The van der Waals surface area contributed by atoms with Gasteiger partial charge >= 0.3 is 101 Å². The van der Waals surface area contributed by atoms with Gasteiger partial charge in [-0.3, -0.25) is 0 Å². The van der Waals surface area contributed by atoms with Crippen molar-refractivity contribution in [3.63, 3.8) is 0 Å². The Morgan fingerprint density at radius 3 is 2.00 bits per heavy atom. The Kier molecular flexibility index (Phi) is 5.82. The predicted octanol–water partition coefficient (Wildman–Crippen LogP) is 2.03. The van der Waals surface area contributed by atoms with Crippen LogP contribution in [0.2, 0.25) is 0 Å². The van der Waals surface area contributed by atoms with E-state index in [0.29, 0.717) is 19.0 Å². The molecule has 0 heterocycles. The van der Waals surface area contributed by atoms with Crippen LogP contribution < -0.4 is 4.52 Å². The van der Waals surface area contributed by atoms with E-state index >= 15 is 0 Å². The van der Waals surface area contributed by atoms with Crippen LogP contribution in [0, 0.1) is 0 Å². The first-order valence-electron chi connectivity index (χ1n) is 5.52. The molecular formula is C11H19O5P. The summed E-state index contributed by atoms with van der Waals surface area (Å²) in [6.07, 6.45) is 0. The molecule has 0 bridgehead atoms. The van der Waals surface area contributed by atoms with Gasteiger partial charge < -0.3 is 0 Å². The molecule has 0 atom stereocenters. The van der Waals surface area contributed by atoms with E-state index in [1.807, 2.05) is 0 Å². The summed E-state index contributed by atoms with van der Waals surface area (Å²) in [5, 5.41) is 8.90. The average molecular weight is 262 g/mol. The van der Waals surface area contributed by atoms with Crippen molar-refractivity contribution in [1.29, 1.82) is 0 Å². The second-order valence-electron chi connectivity index (χ2n) is 3.29. The van der Waals surface area contributed by atoms with Gasteiger partial charge in [-0.05, 0) is 0 Å². The Balaban J connectivity index is 2.71. The number of aliphatic hydroxyl groups is 1. The Morgan fingerprint density at radius 2 is 1.59 bits per heavy atom. The van der Waals surface area contributed by atoms with E-state index in [4.69, 9.17) is 18.7 Å². The van der Waals surface area contributed by atoms with Crippen LogP contribution in [0.4, 0.5) is 0 Å². The summed E-state index contributed by atoms with van der Waals surface area (Å²) in [6, 6.07) is 6.73. The van der Waals surface area contributed by atoms with E-state index in [0.717, 1.165) is 5.56 Å². The monoisotopic (exact) mass is 262 g/mol. The van der Waals surface area contributed by atoms with Gasteiger partial charge in [-0.25, -0.2) is 0 Å². The molecule has 0 fully saturated rings. The van der Waals surface area contributed by atoms with Crippen molar-refractivity contribution in [2.45, 2.75) is 20.5 Å². The van der Waals surface area contributed by atoms with E-state index in [9.17, 15) is 4.89 Å². The standard InChI is InChI=1S/C11H19O5P/c1-3-14-17(13,15-4-2)16-11-7-5-10(9-12)6-8-11/h5-8,12-13,17H,3-4,9H2,1-2H3. The molecule has 0 saturated heterocycles. The molecule has 1 aromatic rings. The maximum atomic E-state index is 10.0. The van der Waals surface area contributed by atoms with Crippen molar-refractivity contribution < 1.29 is 23.6 Å². The summed E-state index contributed by atoms with van der Waals surface area (Å²) >= 11 is 0. The second kappa shape index (κ2) is 6.89. The van der Waals surface area contributed by atoms with Crippen molar-refractivity contribution >= 4 is 8.17 Å². The number of benzene rings is 1. The molecule has 2 N–H and O–H groups in total. The maximum absolute atomic E-state index is 10.0. The third-order valence-corrected chi connectivity index (χ3v) is 3.81. The summed E-state index contributed by atoms with van der Waals surface area (Å²) in [4.78, 5) is 10.0. The molecule has 17 heavy (non-hydrogen) atoms. The first-order valence-corrected chi connectivity index (χ1v) is 7.19. The number of rotatable bonds is 7. The third-order valence-electron chi connectivity index (χ3n) is 2.01. The molecule has 1 aromatic carbocycles. The van der Waals surface area contributed by atoms with Crippen molar-refractivity contribution in [3.05, 3.63) is 29.8 Å².